The number of nitrogens with one attached hydrogen (secondary N) is 2. The molecule has 16 heavy (non-hydrogen) atoms. The van der Waals surface area contributed by atoms with Gasteiger partial charge in [-0.15, -0.1) is 5.10 Å². The molecule has 0 spiro atoms. The topological polar surface area (TPSA) is 84.3 Å². The van der Waals surface area contributed by atoms with Crippen LogP contribution in [0.15, 0.2) is 24.8 Å². The van der Waals surface area contributed by atoms with E-state index in [9.17, 15) is 0 Å². The lowest BCUT2D eigenvalue weighted by Crippen LogP contribution is -1.97. The van der Waals surface area contributed by atoms with E-state index in [4.69, 9.17) is 0 Å². The van der Waals surface area contributed by atoms with Gasteiger partial charge in [0.15, 0.2) is 5.82 Å². The van der Waals surface area contributed by atoms with E-state index in [1.807, 2.05) is 12.3 Å². The maximum Gasteiger partial charge on any atom is 0.174 e. The zero-order chi connectivity index (χ0) is 11.0. The molecular formula is C9H9N7. The molecule has 3 aromatic rings. The fraction of sp³-hybridized carbons (Fsp3) is 0.111. The number of H-pyrrole nitrogens is 1. The largest absolute Gasteiger partial charge is 0.346 e. The number of aromatic amines is 1. The van der Waals surface area contributed by atoms with Gasteiger partial charge in [-0.1, -0.05) is 0 Å². The first kappa shape index (κ1) is 8.84. The van der Waals surface area contributed by atoms with Crippen LogP contribution in [0.2, 0.25) is 0 Å². The summed E-state index contributed by atoms with van der Waals surface area (Å²) in [5.74, 6) is 1.37. The summed E-state index contributed by atoms with van der Waals surface area (Å²) in [4.78, 5) is 12.8. The molecule has 7 heteroatoms. The van der Waals surface area contributed by atoms with Crippen molar-refractivity contribution in [1.82, 2.24) is 29.9 Å². The predicted molar refractivity (Wildman–Crippen MR) is 58.2 cm³/mol. The van der Waals surface area contributed by atoms with E-state index < -0.39 is 0 Å². The molecule has 0 radical (unpaired) electrons. The third kappa shape index (κ3) is 1.38. The van der Waals surface area contributed by atoms with Crippen LogP contribution in [0.1, 0.15) is 0 Å². The minimum Gasteiger partial charge on any atom is -0.346 e. The molecule has 2 N–H and O–H groups in total. The second-order valence-corrected chi connectivity index (χ2v) is 3.31. The number of aromatic nitrogens is 6. The van der Waals surface area contributed by atoms with Gasteiger partial charge >= 0.3 is 0 Å². The fourth-order valence-corrected chi connectivity index (χ4v) is 1.50. The van der Waals surface area contributed by atoms with Crippen molar-refractivity contribution in [2.24, 2.45) is 7.05 Å². The monoisotopic (exact) mass is 215 g/mol. The minimum absolute atomic E-state index is 0.656. The summed E-state index contributed by atoms with van der Waals surface area (Å²) in [6.07, 6.45) is 4.96. The average molecular weight is 215 g/mol. The van der Waals surface area contributed by atoms with Crippen molar-refractivity contribution in [2.45, 2.75) is 0 Å². The predicted octanol–water partition coefficient (Wildman–Crippen LogP) is 0.830. The van der Waals surface area contributed by atoms with Gasteiger partial charge in [-0.3, -0.25) is 0 Å². The Labute approximate surface area is 90.5 Å². The molecule has 7 nitrogen and oxygen atoms in total. The summed E-state index contributed by atoms with van der Waals surface area (Å²) < 4.78 is 0. The van der Waals surface area contributed by atoms with Gasteiger partial charge in [0, 0.05) is 13.2 Å². The highest BCUT2D eigenvalue weighted by Crippen LogP contribution is 2.20. The summed E-state index contributed by atoms with van der Waals surface area (Å²) >= 11 is 0. The molecule has 0 amide bonds. The van der Waals surface area contributed by atoms with Gasteiger partial charge in [-0.2, -0.15) is 9.90 Å². The maximum absolute atomic E-state index is 4.16. The Morgan fingerprint density at radius 1 is 1.38 bits per heavy atom. The maximum atomic E-state index is 4.16. The number of nitrogens with zero attached hydrogens (tertiary/aromatic N) is 5. The van der Waals surface area contributed by atoms with Gasteiger partial charge in [0.2, 0.25) is 0 Å². The van der Waals surface area contributed by atoms with Gasteiger partial charge in [0.1, 0.15) is 17.8 Å². The first-order valence-electron chi connectivity index (χ1n) is 4.74. The number of anilines is 2. The minimum atomic E-state index is 0.656. The van der Waals surface area contributed by atoms with Crippen molar-refractivity contribution in [3.8, 4) is 0 Å². The average Bonchev–Trinajstić information content (AvgIpc) is 2.87. The first-order valence-corrected chi connectivity index (χ1v) is 4.74. The Hall–Kier alpha value is -2.44. The summed E-state index contributed by atoms with van der Waals surface area (Å²) in [5, 5.41) is 12.1. The van der Waals surface area contributed by atoms with Crippen LogP contribution in [0.25, 0.3) is 11.0 Å². The van der Waals surface area contributed by atoms with Crippen LogP contribution < -0.4 is 5.32 Å². The Bertz CT molecular complexity index is 623. The SMILES string of the molecule is Cn1ncc(Nc2ncnc3[nH]ccc23)n1. The van der Waals surface area contributed by atoms with Crippen molar-refractivity contribution < 1.29 is 0 Å². The third-order valence-corrected chi connectivity index (χ3v) is 2.20. The molecule has 0 saturated heterocycles. The number of fused-ring (bicyclic) bond motifs is 1. The molecule has 0 aromatic carbocycles. The van der Waals surface area contributed by atoms with Gasteiger partial charge < -0.3 is 10.3 Å². The van der Waals surface area contributed by atoms with Gasteiger partial charge in [0.25, 0.3) is 0 Å². The highest BCUT2D eigenvalue weighted by Gasteiger charge is 2.05. The van der Waals surface area contributed by atoms with Gasteiger partial charge in [-0.25, -0.2) is 9.97 Å². The van der Waals surface area contributed by atoms with Crippen LogP contribution in [-0.2, 0) is 7.05 Å². The molecule has 0 aliphatic carbocycles. The third-order valence-electron chi connectivity index (χ3n) is 2.20. The second kappa shape index (κ2) is 3.30. The number of aryl methyl sites for hydroxylation is 1. The lowest BCUT2D eigenvalue weighted by atomic mass is 10.4. The molecule has 3 aromatic heterocycles. The number of rotatable bonds is 2. The van der Waals surface area contributed by atoms with E-state index in [1.165, 1.54) is 11.1 Å². The molecule has 0 saturated carbocycles. The van der Waals surface area contributed by atoms with Crippen LogP contribution >= 0.6 is 0 Å². The first-order chi connectivity index (χ1) is 7.83. The quantitative estimate of drug-likeness (QED) is 0.661. The molecule has 3 heterocycles. The van der Waals surface area contributed by atoms with Crippen LogP contribution in [0.5, 0.6) is 0 Å². The Morgan fingerprint density at radius 3 is 3.12 bits per heavy atom. The Morgan fingerprint density at radius 2 is 2.31 bits per heavy atom. The molecule has 0 fully saturated rings. The highest BCUT2D eigenvalue weighted by atomic mass is 15.5. The van der Waals surface area contributed by atoms with Gasteiger partial charge in [-0.05, 0) is 6.07 Å². The molecule has 3 rings (SSSR count). The fourth-order valence-electron chi connectivity index (χ4n) is 1.50. The number of hydrogen-bond acceptors (Lipinski definition) is 5. The van der Waals surface area contributed by atoms with Crippen molar-refractivity contribution in [2.75, 3.05) is 5.32 Å². The molecule has 80 valence electrons. The highest BCUT2D eigenvalue weighted by molar-refractivity contribution is 5.88. The summed E-state index contributed by atoms with van der Waals surface area (Å²) in [5.41, 5.74) is 0.793. The lowest BCUT2D eigenvalue weighted by molar-refractivity contribution is 0.656. The normalized spacial score (nSPS) is 10.8. The zero-order valence-corrected chi connectivity index (χ0v) is 8.55. The Kier molecular flexibility index (Phi) is 1.82. The molecule has 0 unspecified atom stereocenters. The van der Waals surface area contributed by atoms with Crippen LogP contribution in [-0.4, -0.2) is 29.9 Å². The number of hydrogen-bond donors (Lipinski definition) is 2. The summed E-state index contributed by atoms with van der Waals surface area (Å²) in [7, 11) is 1.76. The smallest absolute Gasteiger partial charge is 0.174 e. The molecule has 0 aliphatic rings. The van der Waals surface area contributed by atoms with Crippen LogP contribution in [0.4, 0.5) is 11.6 Å². The van der Waals surface area contributed by atoms with Crippen LogP contribution in [0, 0.1) is 0 Å². The summed E-state index contributed by atoms with van der Waals surface area (Å²) in [6, 6.07) is 1.91. The van der Waals surface area contributed by atoms with Crippen molar-refractivity contribution >= 4 is 22.7 Å². The Balaban J connectivity index is 2.03. The van der Waals surface area contributed by atoms with Crippen molar-refractivity contribution in [1.29, 1.82) is 0 Å². The molecule has 0 atom stereocenters. The van der Waals surface area contributed by atoms with Crippen molar-refractivity contribution in [3.63, 3.8) is 0 Å². The standard InChI is InChI=1S/C9H9N7/c1-16-13-4-7(15-16)14-9-6-2-3-10-8(6)11-5-12-9/h2-5H,1H3,(H2,10,11,12,14,15). The van der Waals surface area contributed by atoms with Crippen LogP contribution in [0.3, 0.4) is 0 Å². The van der Waals surface area contributed by atoms with Crippen molar-refractivity contribution in [3.05, 3.63) is 24.8 Å². The van der Waals surface area contributed by atoms with Gasteiger partial charge in [0.05, 0.1) is 11.6 Å². The van der Waals surface area contributed by atoms with E-state index in [1.54, 1.807) is 13.2 Å². The van der Waals surface area contributed by atoms with E-state index >= 15 is 0 Å². The van der Waals surface area contributed by atoms with E-state index in [-0.39, 0.29) is 0 Å². The lowest BCUT2D eigenvalue weighted by Gasteiger charge is -2.01. The van der Waals surface area contributed by atoms with E-state index in [0.717, 1.165) is 11.0 Å². The van der Waals surface area contributed by atoms with E-state index in [0.29, 0.717) is 11.6 Å². The zero-order valence-electron chi connectivity index (χ0n) is 8.55. The van der Waals surface area contributed by atoms with E-state index in [2.05, 4.69) is 30.5 Å². The molecule has 0 aliphatic heterocycles. The molecule has 0 bridgehead atoms. The summed E-state index contributed by atoms with van der Waals surface area (Å²) in [6.45, 7) is 0. The molecular weight excluding hydrogens is 206 g/mol. The second-order valence-electron chi connectivity index (χ2n) is 3.31.